The standard InChI is InChI=1S/C28H37N7O4/c1-16-19(29)15-18(27(37)32-7-11-34(3,4)12-8-32)22-25(16)39-26-17(2)24(36)21(30)20(23(26)31-22)28(38)33-9-13-35(5,6)14-10-33/h15H,7-14H2,1-6H3,(H2-2,29,30,31,36,37,38). The number of nitrogens with one attached hydrogen (secondary N) is 2. The zero-order valence-corrected chi connectivity index (χ0v) is 23.6. The van der Waals surface area contributed by atoms with Gasteiger partial charge in [0.25, 0.3) is 5.91 Å². The predicted octanol–water partition coefficient (Wildman–Crippen LogP) is -1.30. The number of hydrogen-bond donors (Lipinski definition) is 2. The van der Waals surface area contributed by atoms with Crippen molar-refractivity contribution in [1.82, 2.24) is 14.8 Å². The summed E-state index contributed by atoms with van der Waals surface area (Å²) in [4.78, 5) is 21.9. The number of hydrogen-bond acceptors (Lipinski definition) is 8. The van der Waals surface area contributed by atoms with Crippen LogP contribution in [0.4, 0.5) is 0 Å². The van der Waals surface area contributed by atoms with Crippen LogP contribution in [0.15, 0.2) is 10.5 Å². The molecule has 11 heteroatoms. The van der Waals surface area contributed by atoms with E-state index in [0.717, 1.165) is 35.1 Å². The van der Waals surface area contributed by atoms with Crippen LogP contribution < -0.4 is 26.1 Å². The number of amides is 1. The fourth-order valence-electron chi connectivity index (χ4n) is 5.36. The van der Waals surface area contributed by atoms with E-state index in [1.54, 1.807) is 23.6 Å². The Hall–Kier alpha value is -3.70. The summed E-state index contributed by atoms with van der Waals surface area (Å²) in [7, 11) is 8.46. The molecule has 5 rings (SSSR count). The lowest BCUT2D eigenvalue weighted by Gasteiger charge is -2.42. The number of likely N-dealkylation sites (N-methyl/N-ethyl adjacent to an activating group) is 2. The van der Waals surface area contributed by atoms with Crippen molar-refractivity contribution in [3.63, 3.8) is 0 Å². The maximum atomic E-state index is 13.8. The number of carbonyl (C=O) groups is 1. The van der Waals surface area contributed by atoms with Crippen LogP contribution in [0.1, 0.15) is 21.5 Å². The SMILES string of the molecule is Cc1c(=N)cc(C(=O)N2CC[N+](C)(C)CC2)c2nc3/c(=C(\[O-])N4CC[N+](C)(C)CC4)c(=N)c([O-])c(C)c3oc12. The minimum atomic E-state index is -0.589. The highest BCUT2D eigenvalue weighted by molar-refractivity contribution is 6.06. The lowest BCUT2D eigenvalue weighted by molar-refractivity contribution is -0.894. The van der Waals surface area contributed by atoms with Crippen LogP contribution >= 0.6 is 0 Å². The Bertz CT molecular complexity index is 1670. The molecule has 2 saturated heterocycles. The Labute approximate surface area is 227 Å². The molecule has 3 heterocycles. The molecule has 2 aromatic carbocycles. The lowest BCUT2D eigenvalue weighted by Crippen LogP contribution is -2.56. The maximum Gasteiger partial charge on any atom is 0.256 e. The number of aryl methyl sites for hydroxylation is 2. The molecule has 2 aliphatic rings. The van der Waals surface area contributed by atoms with Gasteiger partial charge < -0.3 is 44.2 Å². The van der Waals surface area contributed by atoms with Crippen molar-refractivity contribution in [3.05, 3.63) is 38.7 Å². The van der Waals surface area contributed by atoms with E-state index in [1.807, 2.05) is 0 Å². The van der Waals surface area contributed by atoms with Gasteiger partial charge in [-0.25, -0.2) is 4.98 Å². The van der Waals surface area contributed by atoms with E-state index < -0.39 is 17.0 Å². The Kier molecular flexibility index (Phi) is 6.34. The molecular formula is C28H37N7O4. The number of benzene rings is 2. The molecule has 11 nitrogen and oxygen atoms in total. The van der Waals surface area contributed by atoms with Crippen molar-refractivity contribution in [2.75, 3.05) is 80.5 Å². The van der Waals surface area contributed by atoms with E-state index in [1.165, 1.54) is 6.07 Å². The summed E-state index contributed by atoms with van der Waals surface area (Å²) >= 11 is 0. The van der Waals surface area contributed by atoms with Crippen molar-refractivity contribution in [3.8, 4) is 5.75 Å². The second-order valence-electron chi connectivity index (χ2n) is 12.2. The average Bonchev–Trinajstić information content (AvgIpc) is 2.88. The first-order valence-electron chi connectivity index (χ1n) is 13.3. The first-order valence-corrected chi connectivity index (χ1v) is 13.3. The van der Waals surface area contributed by atoms with Gasteiger partial charge in [-0.05, 0) is 31.4 Å². The average molecular weight is 536 g/mol. The number of rotatable bonds is 2. The minimum Gasteiger partial charge on any atom is -0.871 e. The smallest absolute Gasteiger partial charge is 0.256 e. The van der Waals surface area contributed by atoms with Crippen molar-refractivity contribution >= 4 is 34.0 Å². The van der Waals surface area contributed by atoms with Crippen LogP contribution in [0.5, 0.6) is 5.75 Å². The summed E-state index contributed by atoms with van der Waals surface area (Å²) in [6, 6.07) is 1.51. The summed E-state index contributed by atoms with van der Waals surface area (Å²) in [5.41, 5.74) is 1.59. The van der Waals surface area contributed by atoms with Gasteiger partial charge >= 0.3 is 0 Å². The third kappa shape index (κ3) is 4.59. The minimum absolute atomic E-state index is 0.0959. The Balaban J connectivity index is 1.78. The van der Waals surface area contributed by atoms with Gasteiger partial charge in [0.2, 0.25) is 0 Å². The number of carbonyl (C=O) groups excluding carboxylic acids is 1. The highest BCUT2D eigenvalue weighted by Crippen LogP contribution is 2.27. The highest BCUT2D eigenvalue weighted by Gasteiger charge is 2.30. The molecule has 39 heavy (non-hydrogen) atoms. The Morgan fingerprint density at radius 2 is 1.41 bits per heavy atom. The van der Waals surface area contributed by atoms with Gasteiger partial charge in [0.05, 0.1) is 96.8 Å². The van der Waals surface area contributed by atoms with Crippen LogP contribution in [0, 0.1) is 24.7 Å². The zero-order chi connectivity index (χ0) is 28.4. The summed E-state index contributed by atoms with van der Waals surface area (Å²) in [6.07, 6.45) is 0. The largest absolute Gasteiger partial charge is 0.871 e. The first-order chi connectivity index (χ1) is 18.2. The Morgan fingerprint density at radius 1 is 0.897 bits per heavy atom. The normalized spacial score (nSPS) is 19.9. The van der Waals surface area contributed by atoms with Gasteiger partial charge in [0.1, 0.15) is 11.0 Å². The number of aromatic nitrogens is 1. The summed E-state index contributed by atoms with van der Waals surface area (Å²) < 4.78 is 7.84. The molecule has 1 aromatic heterocycles. The van der Waals surface area contributed by atoms with Gasteiger partial charge in [0.15, 0.2) is 11.2 Å². The third-order valence-corrected chi connectivity index (χ3v) is 8.46. The molecule has 0 unspecified atom stereocenters. The van der Waals surface area contributed by atoms with Gasteiger partial charge in [0, 0.05) is 10.8 Å². The molecule has 1 amide bonds. The zero-order valence-electron chi connectivity index (χ0n) is 23.6. The number of fused-ring (bicyclic) bond motifs is 2. The number of piperazine rings is 2. The highest BCUT2D eigenvalue weighted by atomic mass is 16.3. The van der Waals surface area contributed by atoms with E-state index in [-0.39, 0.29) is 49.8 Å². The van der Waals surface area contributed by atoms with Gasteiger partial charge in [-0.1, -0.05) is 5.75 Å². The van der Waals surface area contributed by atoms with Crippen LogP contribution in [-0.4, -0.2) is 110 Å². The van der Waals surface area contributed by atoms with Crippen molar-refractivity contribution < 1.29 is 28.4 Å². The molecule has 0 bridgehead atoms. The molecule has 3 aromatic rings. The van der Waals surface area contributed by atoms with Crippen LogP contribution in [0.25, 0.3) is 28.1 Å². The molecule has 2 fully saturated rings. The molecule has 208 valence electrons. The lowest BCUT2D eigenvalue weighted by atomic mass is 10.1. The van der Waals surface area contributed by atoms with Crippen molar-refractivity contribution in [2.24, 2.45) is 0 Å². The number of nitrogens with zero attached hydrogens (tertiary/aromatic N) is 5. The maximum absolute atomic E-state index is 13.8. The van der Waals surface area contributed by atoms with Crippen LogP contribution in [0.2, 0.25) is 0 Å². The topological polar surface area (TPSA) is 143 Å². The van der Waals surface area contributed by atoms with Gasteiger partial charge in [-0.2, -0.15) is 0 Å². The summed E-state index contributed by atoms with van der Waals surface area (Å²) in [5, 5.41) is 43.6. The van der Waals surface area contributed by atoms with E-state index in [2.05, 4.69) is 28.2 Å². The second kappa shape index (κ2) is 9.20. The van der Waals surface area contributed by atoms with Crippen LogP contribution in [-0.2, 0) is 0 Å². The molecule has 0 saturated carbocycles. The summed E-state index contributed by atoms with van der Waals surface area (Å²) in [6.45, 7) is 8.51. The summed E-state index contributed by atoms with van der Waals surface area (Å²) in [5.74, 6) is -1.27. The van der Waals surface area contributed by atoms with Crippen molar-refractivity contribution in [2.45, 2.75) is 13.8 Å². The van der Waals surface area contributed by atoms with E-state index in [4.69, 9.17) is 20.2 Å². The second-order valence-corrected chi connectivity index (χ2v) is 12.2. The fourth-order valence-corrected chi connectivity index (χ4v) is 5.36. The Morgan fingerprint density at radius 3 is 1.97 bits per heavy atom. The monoisotopic (exact) mass is 535 g/mol. The van der Waals surface area contributed by atoms with E-state index >= 15 is 0 Å². The van der Waals surface area contributed by atoms with E-state index in [9.17, 15) is 15.0 Å². The van der Waals surface area contributed by atoms with Crippen molar-refractivity contribution in [1.29, 1.82) is 10.8 Å². The molecular weight excluding hydrogens is 498 g/mol. The number of quaternary nitrogens is 2. The molecule has 0 spiro atoms. The van der Waals surface area contributed by atoms with Gasteiger partial charge in [-0.3, -0.25) is 4.79 Å². The molecule has 2 N–H and O–H groups in total. The first kappa shape index (κ1) is 26.9. The fraction of sp³-hybridized carbons (Fsp3) is 0.500. The van der Waals surface area contributed by atoms with Gasteiger partial charge in [-0.15, -0.1) is 0 Å². The molecule has 0 radical (unpaired) electrons. The molecule has 2 aliphatic heterocycles. The van der Waals surface area contributed by atoms with Crippen LogP contribution in [0.3, 0.4) is 0 Å². The molecule has 0 atom stereocenters. The third-order valence-electron chi connectivity index (χ3n) is 8.46. The predicted molar refractivity (Wildman–Crippen MR) is 142 cm³/mol. The molecule has 0 aliphatic carbocycles. The quantitative estimate of drug-likeness (QED) is 0.308. The van der Waals surface area contributed by atoms with E-state index in [0.29, 0.717) is 31.7 Å².